The smallest absolute Gasteiger partial charge is 0.294 e. The Bertz CT molecular complexity index is 875. The van der Waals surface area contributed by atoms with E-state index >= 15 is 0 Å². The third-order valence-corrected chi connectivity index (χ3v) is 5.13. The van der Waals surface area contributed by atoms with E-state index in [0.29, 0.717) is 6.61 Å². The Labute approximate surface area is 159 Å². The molecule has 1 aliphatic carbocycles. The lowest BCUT2D eigenvalue weighted by atomic mass is 10.1. The van der Waals surface area contributed by atoms with Crippen molar-refractivity contribution in [1.82, 2.24) is 5.32 Å². The average molecular weight is 389 g/mol. The molecule has 2 aliphatic rings. The molecule has 0 spiro atoms. The van der Waals surface area contributed by atoms with Crippen molar-refractivity contribution in [2.45, 2.75) is 17.4 Å². The van der Waals surface area contributed by atoms with Gasteiger partial charge in [-0.1, -0.05) is 42.5 Å². The Hall–Kier alpha value is -2.19. The fraction of sp³-hybridized carbons (Fsp3) is 0.300. The molecule has 7 heteroatoms. The molecule has 0 saturated carbocycles. The van der Waals surface area contributed by atoms with Gasteiger partial charge in [-0.25, -0.2) is 0 Å². The largest absolute Gasteiger partial charge is 0.491 e. The van der Waals surface area contributed by atoms with Gasteiger partial charge < -0.3 is 14.8 Å². The van der Waals surface area contributed by atoms with Gasteiger partial charge in [0.2, 0.25) is 0 Å². The Balaban J connectivity index is 0.000000180. The van der Waals surface area contributed by atoms with Gasteiger partial charge in [0, 0.05) is 18.7 Å². The number of rotatable bonds is 4. The van der Waals surface area contributed by atoms with Gasteiger partial charge in [-0.15, -0.1) is 0 Å². The van der Waals surface area contributed by atoms with Crippen LogP contribution in [-0.4, -0.2) is 45.4 Å². The minimum absolute atomic E-state index is 0.0741. The summed E-state index contributed by atoms with van der Waals surface area (Å²) in [7, 11) is -4.00. The summed E-state index contributed by atoms with van der Waals surface area (Å²) < 4.78 is 40.7. The Morgan fingerprint density at radius 2 is 1.96 bits per heavy atom. The van der Waals surface area contributed by atoms with Gasteiger partial charge in [0.1, 0.15) is 18.5 Å². The van der Waals surface area contributed by atoms with Crippen LogP contribution in [0.4, 0.5) is 0 Å². The number of ether oxygens (including phenoxy) is 2. The summed E-state index contributed by atoms with van der Waals surface area (Å²) in [5, 5.41) is 3.31. The predicted octanol–water partition coefficient (Wildman–Crippen LogP) is 2.56. The first kappa shape index (κ1) is 19.6. The van der Waals surface area contributed by atoms with Crippen LogP contribution in [0.2, 0.25) is 0 Å². The molecule has 1 unspecified atom stereocenters. The van der Waals surface area contributed by atoms with Crippen molar-refractivity contribution in [1.29, 1.82) is 0 Å². The zero-order valence-electron chi connectivity index (χ0n) is 14.9. The minimum Gasteiger partial charge on any atom is -0.491 e. The van der Waals surface area contributed by atoms with Crippen LogP contribution < -0.4 is 10.1 Å². The maximum absolute atomic E-state index is 10.4. The third-order valence-electron chi connectivity index (χ3n) is 4.26. The highest BCUT2D eigenvalue weighted by atomic mass is 32.2. The zero-order valence-corrected chi connectivity index (χ0v) is 15.7. The van der Waals surface area contributed by atoms with E-state index in [1.54, 1.807) is 18.2 Å². The molecule has 2 aromatic rings. The molecule has 0 amide bonds. The second kappa shape index (κ2) is 9.14. The number of nitrogens with one attached hydrogen (secondary N) is 1. The van der Waals surface area contributed by atoms with Crippen molar-refractivity contribution in [2.24, 2.45) is 0 Å². The Morgan fingerprint density at radius 3 is 2.63 bits per heavy atom. The van der Waals surface area contributed by atoms with Crippen molar-refractivity contribution < 1.29 is 22.4 Å². The van der Waals surface area contributed by atoms with Crippen molar-refractivity contribution in [2.75, 3.05) is 26.3 Å². The topological polar surface area (TPSA) is 84.9 Å². The maximum Gasteiger partial charge on any atom is 0.294 e. The molecule has 6 nitrogen and oxygen atoms in total. The first-order valence-corrected chi connectivity index (χ1v) is 10.2. The molecule has 2 aromatic carbocycles. The van der Waals surface area contributed by atoms with Gasteiger partial charge in [0.25, 0.3) is 10.1 Å². The number of fused-ring (bicyclic) bond motifs is 1. The normalized spacial score (nSPS) is 18.3. The lowest BCUT2D eigenvalue weighted by Gasteiger charge is -2.24. The molecule has 144 valence electrons. The van der Waals surface area contributed by atoms with Crippen LogP contribution in [0.25, 0.3) is 6.08 Å². The van der Waals surface area contributed by atoms with E-state index in [1.165, 1.54) is 23.3 Å². The standard InChI is InChI=1S/C14H17NO2.C6H6O3S/c1-3-11-4-2-6-14(13(11)5-1)17-10-12-9-15-7-8-16-12;7-10(8,9)6-4-2-1-3-5-6/h1-4,6,12,15H,5,7-10H2;1-5H,(H,7,8,9). The molecule has 0 aromatic heterocycles. The van der Waals surface area contributed by atoms with Gasteiger partial charge in [-0.2, -0.15) is 8.42 Å². The number of hydrogen-bond donors (Lipinski definition) is 2. The second-order valence-corrected chi connectivity index (χ2v) is 7.65. The van der Waals surface area contributed by atoms with Gasteiger partial charge in [-0.05, 0) is 30.2 Å². The number of hydrogen-bond acceptors (Lipinski definition) is 5. The minimum atomic E-state index is -4.00. The number of allylic oxidation sites excluding steroid dienone is 1. The molecule has 27 heavy (non-hydrogen) atoms. The first-order valence-electron chi connectivity index (χ1n) is 8.80. The van der Waals surface area contributed by atoms with Crippen molar-refractivity contribution in [3.63, 3.8) is 0 Å². The molecule has 1 atom stereocenters. The van der Waals surface area contributed by atoms with Crippen LogP contribution in [0.1, 0.15) is 11.1 Å². The molecular weight excluding hydrogens is 366 g/mol. The van der Waals surface area contributed by atoms with E-state index in [0.717, 1.165) is 31.9 Å². The van der Waals surface area contributed by atoms with E-state index in [9.17, 15) is 8.42 Å². The van der Waals surface area contributed by atoms with Gasteiger partial charge in [0.15, 0.2) is 0 Å². The molecule has 1 saturated heterocycles. The average Bonchev–Trinajstić information content (AvgIpc) is 3.17. The highest BCUT2D eigenvalue weighted by Crippen LogP contribution is 2.28. The molecule has 4 rings (SSSR count). The van der Waals surface area contributed by atoms with Crippen molar-refractivity contribution in [3.05, 3.63) is 65.7 Å². The van der Waals surface area contributed by atoms with E-state index in [1.807, 2.05) is 12.1 Å². The molecule has 1 heterocycles. The molecule has 1 fully saturated rings. The summed E-state index contributed by atoms with van der Waals surface area (Å²) in [5.74, 6) is 1.00. The van der Waals surface area contributed by atoms with Crippen LogP contribution in [0, 0.1) is 0 Å². The predicted molar refractivity (Wildman–Crippen MR) is 104 cm³/mol. The fourth-order valence-electron chi connectivity index (χ4n) is 2.90. The molecule has 0 radical (unpaired) electrons. The summed E-state index contributed by atoms with van der Waals surface area (Å²) in [6.07, 6.45) is 5.49. The molecule has 1 aliphatic heterocycles. The maximum atomic E-state index is 10.4. The summed E-state index contributed by atoms with van der Waals surface area (Å²) in [5.41, 5.74) is 2.58. The Kier molecular flexibility index (Phi) is 6.63. The summed E-state index contributed by atoms with van der Waals surface area (Å²) in [6.45, 7) is 3.24. The van der Waals surface area contributed by atoms with E-state index in [2.05, 4.69) is 23.5 Å². The first-order chi connectivity index (χ1) is 13.0. The quantitative estimate of drug-likeness (QED) is 0.782. The molecule has 0 bridgehead atoms. The monoisotopic (exact) mass is 389 g/mol. The second-order valence-electron chi connectivity index (χ2n) is 6.23. The highest BCUT2D eigenvalue weighted by molar-refractivity contribution is 7.85. The lowest BCUT2D eigenvalue weighted by Crippen LogP contribution is -2.41. The van der Waals surface area contributed by atoms with Gasteiger partial charge >= 0.3 is 0 Å². The van der Waals surface area contributed by atoms with Crippen LogP contribution in [0.15, 0.2) is 59.5 Å². The number of morpholine rings is 1. The third kappa shape index (κ3) is 5.64. The number of benzene rings is 2. The molecule has 2 N–H and O–H groups in total. The fourth-order valence-corrected chi connectivity index (χ4v) is 3.40. The van der Waals surface area contributed by atoms with Crippen LogP contribution in [0.5, 0.6) is 5.75 Å². The van der Waals surface area contributed by atoms with Crippen molar-refractivity contribution >= 4 is 16.2 Å². The van der Waals surface area contributed by atoms with E-state index in [4.69, 9.17) is 14.0 Å². The molecular formula is C20H23NO5S. The lowest BCUT2D eigenvalue weighted by molar-refractivity contribution is 0.0000401. The zero-order chi connectivity index (χ0) is 19.1. The van der Waals surface area contributed by atoms with Crippen LogP contribution in [0.3, 0.4) is 0 Å². The highest BCUT2D eigenvalue weighted by Gasteiger charge is 2.16. The summed E-state index contributed by atoms with van der Waals surface area (Å²) in [6, 6.07) is 13.6. The van der Waals surface area contributed by atoms with Gasteiger partial charge in [0.05, 0.1) is 11.5 Å². The van der Waals surface area contributed by atoms with Gasteiger partial charge in [-0.3, -0.25) is 4.55 Å². The van der Waals surface area contributed by atoms with E-state index in [-0.39, 0.29) is 11.0 Å². The Morgan fingerprint density at radius 1 is 1.15 bits per heavy atom. The summed E-state index contributed by atoms with van der Waals surface area (Å²) in [4.78, 5) is -0.0741. The van der Waals surface area contributed by atoms with Crippen LogP contribution in [-0.2, 0) is 21.3 Å². The van der Waals surface area contributed by atoms with Crippen molar-refractivity contribution in [3.8, 4) is 5.75 Å². The SMILES string of the molecule is C1=Cc2cccc(OCC3CNCCO3)c2C1.O=S(=O)(O)c1ccccc1. The van der Waals surface area contributed by atoms with Crippen LogP contribution >= 0.6 is 0 Å². The summed E-state index contributed by atoms with van der Waals surface area (Å²) >= 11 is 0. The van der Waals surface area contributed by atoms with E-state index < -0.39 is 10.1 Å².